The average Bonchev–Trinajstić information content (AvgIpc) is 2.76. The van der Waals surface area contributed by atoms with Gasteiger partial charge in [-0.25, -0.2) is 0 Å². The van der Waals surface area contributed by atoms with Gasteiger partial charge < -0.3 is 14.5 Å². The van der Waals surface area contributed by atoms with E-state index in [-0.39, 0.29) is 0 Å². The molecule has 1 aromatic carbocycles. The van der Waals surface area contributed by atoms with Crippen LogP contribution >= 0.6 is 23.2 Å². The maximum absolute atomic E-state index is 5.96. The van der Waals surface area contributed by atoms with Gasteiger partial charge in [0.1, 0.15) is 11.5 Å². The number of anilines is 1. The van der Waals surface area contributed by atoms with Gasteiger partial charge in [0.2, 0.25) is 0 Å². The van der Waals surface area contributed by atoms with Gasteiger partial charge in [-0.1, -0.05) is 11.6 Å². The van der Waals surface area contributed by atoms with Crippen LogP contribution in [0.4, 0.5) is 5.69 Å². The average molecular weight is 286 g/mol. The number of rotatable bonds is 5. The van der Waals surface area contributed by atoms with E-state index >= 15 is 0 Å². The third-order valence-corrected chi connectivity index (χ3v) is 2.76. The highest BCUT2D eigenvalue weighted by molar-refractivity contribution is 6.31. The van der Waals surface area contributed by atoms with Crippen molar-refractivity contribution in [1.82, 2.24) is 0 Å². The molecule has 0 aliphatic carbocycles. The molecule has 0 amide bonds. The van der Waals surface area contributed by atoms with Crippen molar-refractivity contribution in [1.29, 1.82) is 0 Å². The van der Waals surface area contributed by atoms with Gasteiger partial charge in [0, 0.05) is 5.02 Å². The van der Waals surface area contributed by atoms with E-state index in [0.717, 1.165) is 17.2 Å². The minimum atomic E-state index is 0.378. The van der Waals surface area contributed by atoms with Gasteiger partial charge in [0.05, 0.1) is 18.8 Å². The molecule has 1 N–H and O–H groups in total. The van der Waals surface area contributed by atoms with Gasteiger partial charge in [-0.15, -0.1) is 0 Å². The highest BCUT2D eigenvalue weighted by Crippen LogP contribution is 2.28. The molecule has 18 heavy (non-hydrogen) atoms. The van der Waals surface area contributed by atoms with Crippen LogP contribution in [0.2, 0.25) is 10.2 Å². The predicted octanol–water partition coefficient (Wildman–Crippen LogP) is 4.60. The van der Waals surface area contributed by atoms with Gasteiger partial charge in [-0.3, -0.25) is 0 Å². The lowest BCUT2D eigenvalue weighted by molar-refractivity contribution is 0.341. The van der Waals surface area contributed by atoms with E-state index in [1.807, 2.05) is 25.1 Å². The normalized spacial score (nSPS) is 10.4. The molecule has 5 heteroatoms. The van der Waals surface area contributed by atoms with E-state index in [1.165, 1.54) is 0 Å². The molecule has 0 fully saturated rings. The number of nitrogens with one attached hydrogen (secondary N) is 1. The third kappa shape index (κ3) is 3.34. The molecule has 2 aromatic rings. The molecule has 0 aliphatic heterocycles. The van der Waals surface area contributed by atoms with E-state index in [0.29, 0.717) is 23.4 Å². The molecule has 0 atom stereocenters. The fraction of sp³-hybridized carbons (Fsp3) is 0.231. The maximum atomic E-state index is 5.96. The fourth-order valence-electron chi connectivity index (χ4n) is 1.55. The van der Waals surface area contributed by atoms with E-state index in [2.05, 4.69) is 5.32 Å². The van der Waals surface area contributed by atoms with Crippen LogP contribution in [0.5, 0.6) is 5.75 Å². The van der Waals surface area contributed by atoms with Crippen LogP contribution in [0.15, 0.2) is 34.7 Å². The van der Waals surface area contributed by atoms with Crippen LogP contribution in [0, 0.1) is 0 Å². The minimum Gasteiger partial charge on any atom is -0.492 e. The zero-order chi connectivity index (χ0) is 13.0. The van der Waals surface area contributed by atoms with E-state index in [1.54, 1.807) is 12.1 Å². The van der Waals surface area contributed by atoms with Crippen LogP contribution < -0.4 is 10.1 Å². The third-order valence-electron chi connectivity index (χ3n) is 2.32. The quantitative estimate of drug-likeness (QED) is 0.872. The number of halogens is 2. The first kappa shape index (κ1) is 13.1. The molecular formula is C13H13Cl2NO2. The van der Waals surface area contributed by atoms with E-state index in [4.69, 9.17) is 32.4 Å². The Kier molecular flexibility index (Phi) is 4.39. The molecule has 0 bridgehead atoms. The zero-order valence-corrected chi connectivity index (χ0v) is 11.4. The van der Waals surface area contributed by atoms with Crippen molar-refractivity contribution in [2.24, 2.45) is 0 Å². The summed E-state index contributed by atoms with van der Waals surface area (Å²) in [5.41, 5.74) is 0.830. The molecule has 3 nitrogen and oxygen atoms in total. The van der Waals surface area contributed by atoms with Gasteiger partial charge in [0.25, 0.3) is 0 Å². The zero-order valence-electron chi connectivity index (χ0n) is 9.87. The van der Waals surface area contributed by atoms with Gasteiger partial charge >= 0.3 is 0 Å². The molecule has 0 aliphatic rings. The Morgan fingerprint density at radius 3 is 2.72 bits per heavy atom. The standard InChI is InChI=1S/C13H13Cl2NO2/c1-2-17-12-5-3-9(14)7-11(12)16-8-10-4-6-13(15)18-10/h3-7,16H,2,8H2,1H3. The summed E-state index contributed by atoms with van der Waals surface area (Å²) in [5.74, 6) is 1.52. The van der Waals surface area contributed by atoms with Crippen molar-refractivity contribution in [3.63, 3.8) is 0 Å². The van der Waals surface area contributed by atoms with Gasteiger partial charge in [0.15, 0.2) is 5.22 Å². The molecule has 1 heterocycles. The maximum Gasteiger partial charge on any atom is 0.193 e. The van der Waals surface area contributed by atoms with Crippen LogP contribution in [0.3, 0.4) is 0 Å². The largest absolute Gasteiger partial charge is 0.492 e. The predicted molar refractivity (Wildman–Crippen MR) is 73.7 cm³/mol. The molecular weight excluding hydrogens is 273 g/mol. The van der Waals surface area contributed by atoms with Crippen molar-refractivity contribution in [3.05, 3.63) is 46.3 Å². The Morgan fingerprint density at radius 2 is 2.06 bits per heavy atom. The number of benzene rings is 1. The van der Waals surface area contributed by atoms with Gasteiger partial charge in [-0.05, 0) is 48.9 Å². The SMILES string of the molecule is CCOc1ccc(Cl)cc1NCc1ccc(Cl)o1. The summed E-state index contributed by atoms with van der Waals surface area (Å²) in [4.78, 5) is 0. The molecule has 0 saturated carbocycles. The molecule has 0 saturated heterocycles. The van der Waals surface area contributed by atoms with Crippen molar-refractivity contribution in [2.75, 3.05) is 11.9 Å². The second-order valence-corrected chi connectivity index (χ2v) is 4.44. The number of hydrogen-bond donors (Lipinski definition) is 1. The number of ether oxygens (including phenoxy) is 1. The lowest BCUT2D eigenvalue weighted by Gasteiger charge is -2.11. The van der Waals surface area contributed by atoms with Crippen LogP contribution in [0.25, 0.3) is 0 Å². The first-order valence-corrected chi connectivity index (χ1v) is 6.35. The van der Waals surface area contributed by atoms with E-state index in [9.17, 15) is 0 Å². The molecule has 96 valence electrons. The molecule has 0 spiro atoms. The fourth-order valence-corrected chi connectivity index (χ4v) is 1.89. The molecule has 0 unspecified atom stereocenters. The van der Waals surface area contributed by atoms with Crippen LogP contribution in [0.1, 0.15) is 12.7 Å². The van der Waals surface area contributed by atoms with Crippen molar-refractivity contribution in [2.45, 2.75) is 13.5 Å². The molecule has 2 rings (SSSR count). The van der Waals surface area contributed by atoms with E-state index < -0.39 is 0 Å². The van der Waals surface area contributed by atoms with Crippen molar-refractivity contribution in [3.8, 4) is 5.75 Å². The first-order valence-electron chi connectivity index (χ1n) is 5.59. The summed E-state index contributed by atoms with van der Waals surface area (Å²) in [6.07, 6.45) is 0. The summed E-state index contributed by atoms with van der Waals surface area (Å²) in [6, 6.07) is 8.97. The summed E-state index contributed by atoms with van der Waals surface area (Å²) in [7, 11) is 0. The Labute approximate surface area is 116 Å². The first-order chi connectivity index (χ1) is 8.69. The summed E-state index contributed by atoms with van der Waals surface area (Å²) in [5, 5.41) is 4.24. The molecule has 0 radical (unpaired) electrons. The monoisotopic (exact) mass is 285 g/mol. The summed E-state index contributed by atoms with van der Waals surface area (Å²) < 4.78 is 10.8. The smallest absolute Gasteiger partial charge is 0.193 e. The topological polar surface area (TPSA) is 34.4 Å². The lowest BCUT2D eigenvalue weighted by atomic mass is 10.3. The lowest BCUT2D eigenvalue weighted by Crippen LogP contribution is -2.02. The summed E-state index contributed by atoms with van der Waals surface area (Å²) in [6.45, 7) is 3.06. The molecule has 1 aromatic heterocycles. The van der Waals surface area contributed by atoms with Crippen molar-refractivity contribution >= 4 is 28.9 Å². The van der Waals surface area contributed by atoms with Crippen LogP contribution in [-0.2, 0) is 6.54 Å². The Hall–Kier alpha value is -1.32. The Balaban J connectivity index is 2.09. The number of furan rings is 1. The minimum absolute atomic E-state index is 0.378. The Bertz CT molecular complexity index is 525. The van der Waals surface area contributed by atoms with Crippen molar-refractivity contribution < 1.29 is 9.15 Å². The van der Waals surface area contributed by atoms with Gasteiger partial charge in [-0.2, -0.15) is 0 Å². The second kappa shape index (κ2) is 6.03. The summed E-state index contributed by atoms with van der Waals surface area (Å²) >= 11 is 11.7. The highest BCUT2D eigenvalue weighted by Gasteiger charge is 2.06. The number of hydrogen-bond acceptors (Lipinski definition) is 3. The second-order valence-electron chi connectivity index (χ2n) is 3.63. The van der Waals surface area contributed by atoms with Crippen LogP contribution in [-0.4, -0.2) is 6.61 Å². The highest BCUT2D eigenvalue weighted by atomic mass is 35.5. The Morgan fingerprint density at radius 1 is 1.22 bits per heavy atom.